The summed E-state index contributed by atoms with van der Waals surface area (Å²) in [5, 5.41) is 8.22. The average Bonchev–Trinajstić information content (AvgIpc) is 3.15. The summed E-state index contributed by atoms with van der Waals surface area (Å²) in [6.07, 6.45) is 5.08. The Labute approximate surface area is 159 Å². The van der Waals surface area contributed by atoms with Gasteiger partial charge in [-0.1, -0.05) is 43.3 Å². The summed E-state index contributed by atoms with van der Waals surface area (Å²) in [4.78, 5) is 0. The average molecular weight is 354 g/mol. The highest BCUT2D eigenvalue weighted by Crippen LogP contribution is 2.30. The van der Waals surface area contributed by atoms with Crippen LogP contribution in [-0.2, 0) is 0 Å². The molecule has 0 spiro atoms. The third-order valence-electron chi connectivity index (χ3n) is 4.71. The van der Waals surface area contributed by atoms with Gasteiger partial charge in [0.15, 0.2) is 0 Å². The van der Waals surface area contributed by atoms with Crippen LogP contribution in [-0.4, -0.2) is 10.2 Å². The summed E-state index contributed by atoms with van der Waals surface area (Å²) in [5.74, 6) is 1.71. The topological polar surface area (TPSA) is 37.9 Å². The molecule has 0 saturated carbocycles. The molecule has 0 bridgehead atoms. The van der Waals surface area contributed by atoms with Gasteiger partial charge in [-0.25, -0.2) is 0 Å². The number of aromatic amines is 1. The van der Waals surface area contributed by atoms with Crippen molar-refractivity contribution in [3.8, 4) is 11.5 Å². The van der Waals surface area contributed by atoms with E-state index in [0.717, 1.165) is 28.8 Å². The number of allylic oxidation sites excluding steroid dienone is 1. The van der Waals surface area contributed by atoms with Crippen LogP contribution < -0.4 is 4.74 Å². The van der Waals surface area contributed by atoms with Gasteiger partial charge in [0.05, 0.1) is 11.7 Å². The smallest absolute Gasteiger partial charge is 0.127 e. The van der Waals surface area contributed by atoms with Crippen molar-refractivity contribution in [1.29, 1.82) is 0 Å². The Balaban J connectivity index is 1.63. The van der Waals surface area contributed by atoms with Gasteiger partial charge in [-0.15, -0.1) is 0 Å². The summed E-state index contributed by atoms with van der Waals surface area (Å²) in [6, 6.07) is 22.5. The Morgan fingerprint density at radius 1 is 1.00 bits per heavy atom. The molecule has 134 valence electrons. The maximum Gasteiger partial charge on any atom is 0.127 e. The first-order valence-electron chi connectivity index (χ1n) is 9.20. The van der Waals surface area contributed by atoms with E-state index in [-0.39, 0.29) is 0 Å². The normalized spacial score (nSPS) is 11.7. The van der Waals surface area contributed by atoms with E-state index in [1.807, 2.05) is 42.6 Å². The lowest BCUT2D eigenvalue weighted by atomic mass is 9.96. The van der Waals surface area contributed by atoms with Crippen molar-refractivity contribution in [1.82, 2.24) is 10.2 Å². The third-order valence-corrected chi connectivity index (χ3v) is 4.71. The van der Waals surface area contributed by atoms with Gasteiger partial charge >= 0.3 is 0 Å². The van der Waals surface area contributed by atoms with E-state index >= 15 is 0 Å². The molecule has 1 heterocycles. The van der Waals surface area contributed by atoms with Crippen molar-refractivity contribution in [2.24, 2.45) is 0 Å². The number of hydrogen-bond donors (Lipinski definition) is 1. The fraction of sp³-hybridized carbons (Fsp3) is 0.125. The first kappa shape index (κ1) is 17.1. The summed E-state index contributed by atoms with van der Waals surface area (Å²) in [7, 11) is 0. The zero-order valence-electron chi connectivity index (χ0n) is 15.6. The van der Waals surface area contributed by atoms with Gasteiger partial charge in [0, 0.05) is 5.39 Å². The fourth-order valence-corrected chi connectivity index (χ4v) is 3.31. The standard InChI is InChI=1S/C24H22N2O/c1-3-19(14-18-9-12-24-20(15-18)16-25-26-24)23-11-10-22(13-17(23)2)27-21-7-5-4-6-8-21/h4-16H,3H2,1-2H3,(H,25,26)/b19-14+. The lowest BCUT2D eigenvalue weighted by Gasteiger charge is -2.12. The van der Waals surface area contributed by atoms with Gasteiger partial charge in [-0.2, -0.15) is 5.10 Å². The van der Waals surface area contributed by atoms with E-state index in [0.29, 0.717) is 0 Å². The van der Waals surface area contributed by atoms with Crippen molar-refractivity contribution in [3.63, 3.8) is 0 Å². The molecule has 27 heavy (non-hydrogen) atoms. The lowest BCUT2D eigenvalue weighted by molar-refractivity contribution is 0.482. The second kappa shape index (κ2) is 7.50. The van der Waals surface area contributed by atoms with E-state index in [1.165, 1.54) is 22.3 Å². The number of fused-ring (bicyclic) bond motifs is 1. The van der Waals surface area contributed by atoms with E-state index in [1.54, 1.807) is 0 Å². The molecule has 0 unspecified atom stereocenters. The number of aryl methyl sites for hydroxylation is 1. The largest absolute Gasteiger partial charge is 0.457 e. The van der Waals surface area contributed by atoms with Gasteiger partial charge in [0.1, 0.15) is 11.5 Å². The number of ether oxygens (including phenoxy) is 1. The van der Waals surface area contributed by atoms with Crippen LogP contribution in [0.25, 0.3) is 22.6 Å². The number of H-pyrrole nitrogens is 1. The Hall–Kier alpha value is -3.33. The summed E-state index contributed by atoms with van der Waals surface area (Å²) < 4.78 is 5.96. The molecule has 0 aliphatic rings. The minimum absolute atomic E-state index is 0.851. The Bertz CT molecular complexity index is 1090. The highest BCUT2D eigenvalue weighted by molar-refractivity contribution is 5.87. The molecule has 4 aromatic rings. The molecule has 0 amide bonds. The molecular formula is C24H22N2O. The van der Waals surface area contributed by atoms with Crippen molar-refractivity contribution in [2.75, 3.05) is 0 Å². The minimum atomic E-state index is 0.851. The van der Waals surface area contributed by atoms with Crippen molar-refractivity contribution in [3.05, 3.63) is 89.6 Å². The maximum absolute atomic E-state index is 5.96. The Kier molecular flexibility index (Phi) is 4.75. The molecule has 1 aromatic heterocycles. The monoisotopic (exact) mass is 354 g/mol. The summed E-state index contributed by atoms with van der Waals surface area (Å²) in [6.45, 7) is 4.33. The van der Waals surface area contributed by atoms with Crippen LogP contribution in [0, 0.1) is 6.92 Å². The molecule has 3 heteroatoms. The van der Waals surface area contributed by atoms with Gasteiger partial charge in [-0.3, -0.25) is 5.10 Å². The number of para-hydroxylation sites is 1. The van der Waals surface area contributed by atoms with E-state index in [4.69, 9.17) is 4.74 Å². The van der Waals surface area contributed by atoms with Crippen LogP contribution in [0.5, 0.6) is 11.5 Å². The number of hydrogen-bond acceptors (Lipinski definition) is 2. The van der Waals surface area contributed by atoms with Crippen LogP contribution in [0.1, 0.15) is 30.0 Å². The van der Waals surface area contributed by atoms with Crippen LogP contribution in [0.15, 0.2) is 72.9 Å². The second-order valence-corrected chi connectivity index (χ2v) is 6.63. The Morgan fingerprint density at radius 3 is 2.63 bits per heavy atom. The number of benzene rings is 3. The predicted molar refractivity (Wildman–Crippen MR) is 112 cm³/mol. The molecule has 0 aliphatic heterocycles. The number of nitrogens with zero attached hydrogens (tertiary/aromatic N) is 1. The Morgan fingerprint density at radius 2 is 1.85 bits per heavy atom. The lowest BCUT2D eigenvalue weighted by Crippen LogP contribution is -1.91. The number of rotatable bonds is 5. The predicted octanol–water partition coefficient (Wildman–Crippen LogP) is 6.61. The molecule has 0 atom stereocenters. The zero-order chi connectivity index (χ0) is 18.6. The highest BCUT2D eigenvalue weighted by atomic mass is 16.5. The fourth-order valence-electron chi connectivity index (χ4n) is 3.31. The maximum atomic E-state index is 5.96. The summed E-state index contributed by atoms with van der Waals surface area (Å²) in [5.41, 5.74) is 6.02. The number of aromatic nitrogens is 2. The molecule has 0 aliphatic carbocycles. The van der Waals surface area contributed by atoms with E-state index in [9.17, 15) is 0 Å². The zero-order valence-corrected chi connectivity index (χ0v) is 15.6. The minimum Gasteiger partial charge on any atom is -0.457 e. The van der Waals surface area contributed by atoms with Gasteiger partial charge in [0.25, 0.3) is 0 Å². The molecule has 4 rings (SSSR count). The SMILES string of the molecule is CC/C(=C\c1ccc2[nH]ncc2c1)c1ccc(Oc2ccccc2)cc1C. The van der Waals surface area contributed by atoms with E-state index in [2.05, 4.69) is 60.5 Å². The van der Waals surface area contributed by atoms with Crippen LogP contribution in [0.2, 0.25) is 0 Å². The van der Waals surface area contributed by atoms with Crippen LogP contribution in [0.3, 0.4) is 0 Å². The van der Waals surface area contributed by atoms with Gasteiger partial charge < -0.3 is 4.74 Å². The quantitative estimate of drug-likeness (QED) is 0.409. The van der Waals surface area contributed by atoms with E-state index < -0.39 is 0 Å². The molecule has 0 saturated heterocycles. The van der Waals surface area contributed by atoms with Gasteiger partial charge in [-0.05, 0) is 72.0 Å². The molecule has 0 fully saturated rings. The second-order valence-electron chi connectivity index (χ2n) is 6.63. The van der Waals surface area contributed by atoms with Crippen molar-refractivity contribution in [2.45, 2.75) is 20.3 Å². The summed E-state index contributed by atoms with van der Waals surface area (Å²) >= 11 is 0. The molecule has 3 nitrogen and oxygen atoms in total. The van der Waals surface area contributed by atoms with Crippen molar-refractivity contribution < 1.29 is 4.74 Å². The van der Waals surface area contributed by atoms with Crippen LogP contribution >= 0.6 is 0 Å². The molecule has 1 N–H and O–H groups in total. The van der Waals surface area contributed by atoms with Crippen LogP contribution in [0.4, 0.5) is 0 Å². The highest BCUT2D eigenvalue weighted by Gasteiger charge is 2.07. The first-order chi connectivity index (χ1) is 13.2. The molecule has 3 aromatic carbocycles. The first-order valence-corrected chi connectivity index (χ1v) is 9.20. The number of nitrogens with one attached hydrogen (secondary N) is 1. The van der Waals surface area contributed by atoms with Gasteiger partial charge in [0.2, 0.25) is 0 Å². The molecule has 0 radical (unpaired) electrons. The molecular weight excluding hydrogens is 332 g/mol. The van der Waals surface area contributed by atoms with Crippen molar-refractivity contribution >= 4 is 22.6 Å². The third kappa shape index (κ3) is 3.77.